The summed E-state index contributed by atoms with van der Waals surface area (Å²) in [6, 6.07) is 6.33. The van der Waals surface area contributed by atoms with Gasteiger partial charge in [-0.25, -0.2) is 0 Å². The highest BCUT2D eigenvalue weighted by Gasteiger charge is 2.17. The van der Waals surface area contributed by atoms with E-state index in [-0.39, 0.29) is 0 Å². The van der Waals surface area contributed by atoms with Crippen LogP contribution in [0, 0.1) is 0 Å². The highest BCUT2D eigenvalue weighted by molar-refractivity contribution is 5.40. The van der Waals surface area contributed by atoms with E-state index in [9.17, 15) is 0 Å². The first kappa shape index (κ1) is 11.2. The number of methoxy groups -OCH3 is 2. The molecule has 0 amide bonds. The molecule has 0 aliphatic carbocycles. The Bertz CT molecular complexity index is 350. The Morgan fingerprint density at radius 2 is 2.12 bits per heavy atom. The first-order chi connectivity index (χ1) is 7.83. The lowest BCUT2D eigenvalue weighted by Crippen LogP contribution is -2.45. The molecule has 16 heavy (non-hydrogen) atoms. The topological polar surface area (TPSA) is 39.7 Å². The van der Waals surface area contributed by atoms with E-state index in [2.05, 4.69) is 5.32 Å². The minimum atomic E-state index is 0.479. The smallest absolute Gasteiger partial charge is 0.127 e. The standard InChI is InChI=1S/C12H17NO3/c1-14-11-4-3-9(12(5-11)15-2)6-13-10-7-16-8-10/h3-5,10,13H,6-8H2,1-2H3. The molecule has 1 heterocycles. The fraction of sp³-hybridized carbons (Fsp3) is 0.500. The molecule has 1 aromatic carbocycles. The molecule has 0 radical (unpaired) electrons. The minimum absolute atomic E-state index is 0.479. The van der Waals surface area contributed by atoms with E-state index in [1.54, 1.807) is 14.2 Å². The van der Waals surface area contributed by atoms with Crippen molar-refractivity contribution in [2.75, 3.05) is 27.4 Å². The predicted molar refractivity (Wildman–Crippen MR) is 61.0 cm³/mol. The fourth-order valence-corrected chi connectivity index (χ4v) is 1.61. The molecule has 1 saturated heterocycles. The molecule has 0 unspecified atom stereocenters. The van der Waals surface area contributed by atoms with Gasteiger partial charge in [-0.2, -0.15) is 0 Å². The van der Waals surface area contributed by atoms with Crippen LogP contribution in [0.4, 0.5) is 0 Å². The third kappa shape index (κ3) is 2.46. The molecule has 1 fully saturated rings. The molecule has 4 nitrogen and oxygen atoms in total. The van der Waals surface area contributed by atoms with E-state index in [0.29, 0.717) is 6.04 Å². The van der Waals surface area contributed by atoms with Crippen molar-refractivity contribution >= 4 is 0 Å². The Hall–Kier alpha value is -1.26. The average molecular weight is 223 g/mol. The van der Waals surface area contributed by atoms with Crippen molar-refractivity contribution in [3.8, 4) is 11.5 Å². The summed E-state index contributed by atoms with van der Waals surface area (Å²) in [5.74, 6) is 1.67. The van der Waals surface area contributed by atoms with Gasteiger partial charge in [0.05, 0.1) is 33.5 Å². The predicted octanol–water partition coefficient (Wildman–Crippen LogP) is 1.19. The van der Waals surface area contributed by atoms with Crippen molar-refractivity contribution in [2.45, 2.75) is 12.6 Å². The van der Waals surface area contributed by atoms with Crippen LogP contribution in [0.3, 0.4) is 0 Å². The highest BCUT2D eigenvalue weighted by Crippen LogP contribution is 2.24. The van der Waals surface area contributed by atoms with Gasteiger partial charge >= 0.3 is 0 Å². The largest absolute Gasteiger partial charge is 0.497 e. The second kappa shape index (κ2) is 5.18. The Morgan fingerprint density at radius 3 is 2.69 bits per heavy atom. The van der Waals surface area contributed by atoms with Crippen LogP contribution in [0.25, 0.3) is 0 Å². The normalized spacial score (nSPS) is 15.6. The second-order valence-corrected chi connectivity index (χ2v) is 3.79. The van der Waals surface area contributed by atoms with Crippen molar-refractivity contribution in [1.82, 2.24) is 5.32 Å². The van der Waals surface area contributed by atoms with Crippen LogP contribution in [0.1, 0.15) is 5.56 Å². The number of ether oxygens (including phenoxy) is 3. The van der Waals surface area contributed by atoms with Gasteiger partial charge in [0.15, 0.2) is 0 Å². The number of rotatable bonds is 5. The fourth-order valence-electron chi connectivity index (χ4n) is 1.61. The second-order valence-electron chi connectivity index (χ2n) is 3.79. The number of nitrogens with one attached hydrogen (secondary N) is 1. The Morgan fingerprint density at radius 1 is 1.31 bits per heavy atom. The molecule has 0 spiro atoms. The van der Waals surface area contributed by atoms with Crippen LogP contribution in [0.15, 0.2) is 18.2 Å². The third-order valence-electron chi connectivity index (χ3n) is 2.71. The molecule has 88 valence electrons. The Kier molecular flexibility index (Phi) is 3.64. The zero-order chi connectivity index (χ0) is 11.4. The van der Waals surface area contributed by atoms with E-state index in [1.807, 2.05) is 18.2 Å². The quantitative estimate of drug-likeness (QED) is 0.814. The highest BCUT2D eigenvalue weighted by atomic mass is 16.5. The van der Waals surface area contributed by atoms with Gasteiger partial charge in [0, 0.05) is 18.2 Å². The summed E-state index contributed by atoms with van der Waals surface area (Å²) in [4.78, 5) is 0. The van der Waals surface area contributed by atoms with E-state index < -0.39 is 0 Å². The van der Waals surface area contributed by atoms with Crippen molar-refractivity contribution in [3.05, 3.63) is 23.8 Å². The maximum atomic E-state index is 5.32. The van der Waals surface area contributed by atoms with Gasteiger partial charge in [-0.15, -0.1) is 0 Å². The van der Waals surface area contributed by atoms with Gasteiger partial charge in [0.1, 0.15) is 11.5 Å². The van der Waals surface area contributed by atoms with Crippen LogP contribution in [0.5, 0.6) is 11.5 Å². The number of hydrogen-bond acceptors (Lipinski definition) is 4. The summed E-state index contributed by atoms with van der Waals surface area (Å²) in [5.41, 5.74) is 1.13. The van der Waals surface area contributed by atoms with Crippen molar-refractivity contribution in [1.29, 1.82) is 0 Å². The van der Waals surface area contributed by atoms with Crippen LogP contribution < -0.4 is 14.8 Å². The first-order valence-corrected chi connectivity index (χ1v) is 5.35. The molecule has 0 aromatic heterocycles. The Labute approximate surface area is 95.5 Å². The maximum Gasteiger partial charge on any atom is 0.127 e. The molecule has 2 rings (SSSR count). The van der Waals surface area contributed by atoms with Crippen molar-refractivity contribution < 1.29 is 14.2 Å². The maximum absolute atomic E-state index is 5.32. The molecule has 0 bridgehead atoms. The van der Waals surface area contributed by atoms with Crippen molar-refractivity contribution in [3.63, 3.8) is 0 Å². The minimum Gasteiger partial charge on any atom is -0.497 e. The van der Waals surface area contributed by atoms with Crippen LogP contribution in [0.2, 0.25) is 0 Å². The summed E-state index contributed by atoms with van der Waals surface area (Å²) >= 11 is 0. The van der Waals surface area contributed by atoms with Crippen LogP contribution >= 0.6 is 0 Å². The van der Waals surface area contributed by atoms with Gasteiger partial charge in [-0.1, -0.05) is 6.07 Å². The van der Waals surface area contributed by atoms with Gasteiger partial charge in [-0.3, -0.25) is 0 Å². The van der Waals surface area contributed by atoms with E-state index in [4.69, 9.17) is 14.2 Å². The van der Waals surface area contributed by atoms with E-state index >= 15 is 0 Å². The zero-order valence-electron chi connectivity index (χ0n) is 9.66. The molecule has 0 atom stereocenters. The van der Waals surface area contributed by atoms with Crippen LogP contribution in [-0.4, -0.2) is 33.5 Å². The summed E-state index contributed by atoms with van der Waals surface area (Å²) in [7, 11) is 3.32. The van der Waals surface area contributed by atoms with Gasteiger partial charge in [0.25, 0.3) is 0 Å². The lowest BCUT2D eigenvalue weighted by atomic mass is 10.1. The monoisotopic (exact) mass is 223 g/mol. The average Bonchev–Trinajstić information content (AvgIpc) is 2.27. The third-order valence-corrected chi connectivity index (χ3v) is 2.71. The molecule has 0 saturated carbocycles. The zero-order valence-corrected chi connectivity index (χ0v) is 9.66. The van der Waals surface area contributed by atoms with Gasteiger partial charge in [-0.05, 0) is 6.07 Å². The lowest BCUT2D eigenvalue weighted by Gasteiger charge is -2.27. The molecule has 1 aliphatic rings. The van der Waals surface area contributed by atoms with Gasteiger partial charge < -0.3 is 19.5 Å². The van der Waals surface area contributed by atoms with Crippen LogP contribution in [-0.2, 0) is 11.3 Å². The van der Waals surface area contributed by atoms with Gasteiger partial charge in [0.2, 0.25) is 0 Å². The molecular formula is C12H17NO3. The first-order valence-electron chi connectivity index (χ1n) is 5.35. The van der Waals surface area contributed by atoms with Crippen molar-refractivity contribution in [2.24, 2.45) is 0 Å². The number of hydrogen-bond donors (Lipinski definition) is 1. The molecule has 1 N–H and O–H groups in total. The lowest BCUT2D eigenvalue weighted by molar-refractivity contribution is -0.00585. The SMILES string of the molecule is COc1ccc(CNC2COC2)c(OC)c1. The summed E-state index contributed by atoms with van der Waals surface area (Å²) in [6.45, 7) is 2.40. The molecule has 4 heteroatoms. The van der Waals surface area contributed by atoms with E-state index in [1.165, 1.54) is 0 Å². The molecule has 1 aromatic rings. The Balaban J connectivity index is 2.00. The number of benzene rings is 1. The summed E-state index contributed by atoms with van der Waals surface area (Å²) < 4.78 is 15.6. The molecular weight excluding hydrogens is 206 g/mol. The summed E-state index contributed by atoms with van der Waals surface area (Å²) in [6.07, 6.45) is 0. The molecule has 1 aliphatic heterocycles. The van der Waals surface area contributed by atoms with E-state index in [0.717, 1.165) is 36.8 Å². The summed E-state index contributed by atoms with van der Waals surface area (Å²) in [5, 5.41) is 3.40.